The van der Waals surface area contributed by atoms with E-state index in [-0.39, 0.29) is 17.8 Å². The first-order valence-electron chi connectivity index (χ1n) is 5.75. The maximum absolute atomic E-state index is 12.9. The van der Waals surface area contributed by atoms with Gasteiger partial charge >= 0.3 is 5.97 Å². The lowest BCUT2D eigenvalue weighted by Gasteiger charge is -2.15. The van der Waals surface area contributed by atoms with E-state index in [1.807, 2.05) is 18.0 Å². The summed E-state index contributed by atoms with van der Waals surface area (Å²) in [6.45, 7) is 0.762. The topological polar surface area (TPSA) is 40.5 Å². The lowest BCUT2D eigenvalue weighted by Crippen LogP contribution is -2.26. The van der Waals surface area contributed by atoms with Crippen LogP contribution in [0.4, 0.5) is 4.39 Å². The molecule has 1 aliphatic carbocycles. The Balaban J connectivity index is 1.81. The molecular formula is C13H16FNO2. The predicted molar refractivity (Wildman–Crippen MR) is 62.3 cm³/mol. The van der Waals surface area contributed by atoms with Crippen LogP contribution in [0.25, 0.3) is 0 Å². The third-order valence-corrected chi connectivity index (χ3v) is 3.28. The molecule has 92 valence electrons. The van der Waals surface area contributed by atoms with E-state index < -0.39 is 5.97 Å². The van der Waals surface area contributed by atoms with Crippen LogP contribution in [0, 0.1) is 11.7 Å². The van der Waals surface area contributed by atoms with Crippen LogP contribution in [0.15, 0.2) is 24.3 Å². The average Bonchev–Trinajstić information content (AvgIpc) is 3.06. The van der Waals surface area contributed by atoms with Gasteiger partial charge in [-0.2, -0.15) is 0 Å². The Bertz CT molecular complexity index is 422. The summed E-state index contributed by atoms with van der Waals surface area (Å²) >= 11 is 0. The molecule has 1 fully saturated rings. The van der Waals surface area contributed by atoms with Crippen LogP contribution in [-0.2, 0) is 11.2 Å². The number of aliphatic carboxylic acids is 1. The summed E-state index contributed by atoms with van der Waals surface area (Å²) < 4.78 is 12.9. The molecule has 17 heavy (non-hydrogen) atoms. The van der Waals surface area contributed by atoms with Gasteiger partial charge in [-0.1, -0.05) is 12.1 Å². The SMILES string of the molecule is CN(CCc1cccc(F)c1)C1CC1C(=O)O. The van der Waals surface area contributed by atoms with Crippen molar-refractivity contribution in [3.8, 4) is 0 Å². The van der Waals surface area contributed by atoms with Crippen molar-refractivity contribution in [2.24, 2.45) is 5.92 Å². The fourth-order valence-corrected chi connectivity index (χ4v) is 2.10. The minimum atomic E-state index is -0.715. The normalized spacial score (nSPS) is 22.8. The van der Waals surface area contributed by atoms with E-state index in [1.165, 1.54) is 12.1 Å². The second-order valence-corrected chi connectivity index (χ2v) is 4.61. The monoisotopic (exact) mass is 237 g/mol. The van der Waals surface area contributed by atoms with Gasteiger partial charge in [-0.15, -0.1) is 0 Å². The van der Waals surface area contributed by atoms with Gasteiger partial charge in [0.2, 0.25) is 0 Å². The number of rotatable bonds is 5. The molecule has 0 aliphatic heterocycles. The van der Waals surface area contributed by atoms with Gasteiger partial charge in [0.15, 0.2) is 0 Å². The van der Waals surface area contributed by atoms with Gasteiger partial charge < -0.3 is 10.0 Å². The molecule has 0 heterocycles. The van der Waals surface area contributed by atoms with Crippen LogP contribution in [-0.4, -0.2) is 35.6 Å². The predicted octanol–water partition coefficient (Wildman–Crippen LogP) is 1.77. The lowest BCUT2D eigenvalue weighted by molar-refractivity contribution is -0.138. The molecule has 1 aliphatic rings. The number of carboxylic acids is 1. The molecule has 0 saturated heterocycles. The molecule has 1 saturated carbocycles. The Morgan fingerprint density at radius 2 is 2.35 bits per heavy atom. The van der Waals surface area contributed by atoms with Crippen LogP contribution < -0.4 is 0 Å². The molecule has 4 heteroatoms. The van der Waals surface area contributed by atoms with Gasteiger partial charge in [-0.3, -0.25) is 4.79 Å². The minimum Gasteiger partial charge on any atom is -0.481 e. The highest BCUT2D eigenvalue weighted by atomic mass is 19.1. The Kier molecular flexibility index (Phi) is 3.43. The van der Waals surface area contributed by atoms with E-state index >= 15 is 0 Å². The molecule has 3 nitrogen and oxygen atoms in total. The minimum absolute atomic E-state index is 0.154. The van der Waals surface area contributed by atoms with Gasteiger partial charge in [-0.05, 0) is 37.6 Å². The highest BCUT2D eigenvalue weighted by Crippen LogP contribution is 2.34. The van der Waals surface area contributed by atoms with E-state index in [4.69, 9.17) is 5.11 Å². The van der Waals surface area contributed by atoms with Crippen molar-refractivity contribution in [1.82, 2.24) is 4.90 Å². The maximum Gasteiger partial charge on any atom is 0.308 e. The Labute approximate surface area is 99.9 Å². The third-order valence-electron chi connectivity index (χ3n) is 3.28. The molecule has 1 aromatic rings. The van der Waals surface area contributed by atoms with Crippen molar-refractivity contribution < 1.29 is 14.3 Å². The summed E-state index contributed by atoms with van der Waals surface area (Å²) in [5.41, 5.74) is 0.948. The first-order chi connectivity index (χ1) is 8.08. The molecule has 1 N–H and O–H groups in total. The first kappa shape index (κ1) is 12.0. The van der Waals surface area contributed by atoms with Gasteiger partial charge in [-0.25, -0.2) is 4.39 Å². The van der Waals surface area contributed by atoms with Crippen molar-refractivity contribution in [2.45, 2.75) is 18.9 Å². The molecule has 1 aromatic carbocycles. The smallest absolute Gasteiger partial charge is 0.308 e. The zero-order valence-corrected chi connectivity index (χ0v) is 9.77. The fourth-order valence-electron chi connectivity index (χ4n) is 2.10. The summed E-state index contributed by atoms with van der Waals surface area (Å²) in [6.07, 6.45) is 1.48. The zero-order valence-electron chi connectivity index (χ0n) is 9.77. The van der Waals surface area contributed by atoms with Crippen LogP contribution >= 0.6 is 0 Å². The quantitative estimate of drug-likeness (QED) is 0.848. The summed E-state index contributed by atoms with van der Waals surface area (Å²) in [7, 11) is 1.92. The summed E-state index contributed by atoms with van der Waals surface area (Å²) in [4.78, 5) is 12.8. The standard InChI is InChI=1S/C13H16FNO2/c1-15(12-8-11(12)13(16)17)6-5-9-3-2-4-10(14)7-9/h2-4,7,11-12H,5-6,8H2,1H3,(H,16,17). The Morgan fingerprint density at radius 1 is 1.59 bits per heavy atom. The molecular weight excluding hydrogens is 221 g/mol. The Morgan fingerprint density at radius 3 is 2.94 bits per heavy atom. The summed E-state index contributed by atoms with van der Waals surface area (Å²) in [5, 5.41) is 8.82. The van der Waals surface area contributed by atoms with E-state index in [0.717, 1.165) is 24.9 Å². The Hall–Kier alpha value is -1.42. The van der Waals surface area contributed by atoms with Gasteiger partial charge in [0, 0.05) is 12.6 Å². The van der Waals surface area contributed by atoms with Crippen LogP contribution in [0.3, 0.4) is 0 Å². The van der Waals surface area contributed by atoms with Crippen molar-refractivity contribution in [1.29, 1.82) is 0 Å². The molecule has 2 unspecified atom stereocenters. The van der Waals surface area contributed by atoms with Crippen LogP contribution in [0.5, 0.6) is 0 Å². The molecule has 0 bridgehead atoms. The van der Waals surface area contributed by atoms with Crippen molar-refractivity contribution in [3.05, 3.63) is 35.6 Å². The highest BCUT2D eigenvalue weighted by Gasteiger charge is 2.45. The van der Waals surface area contributed by atoms with E-state index in [1.54, 1.807) is 6.07 Å². The number of hydrogen-bond donors (Lipinski definition) is 1. The number of nitrogens with zero attached hydrogens (tertiary/aromatic N) is 1. The number of hydrogen-bond acceptors (Lipinski definition) is 2. The van der Waals surface area contributed by atoms with Gasteiger partial charge in [0.1, 0.15) is 5.82 Å². The van der Waals surface area contributed by atoms with Crippen LogP contribution in [0.2, 0.25) is 0 Å². The maximum atomic E-state index is 12.9. The first-order valence-corrected chi connectivity index (χ1v) is 5.75. The zero-order chi connectivity index (χ0) is 12.4. The highest BCUT2D eigenvalue weighted by molar-refractivity contribution is 5.74. The van der Waals surface area contributed by atoms with E-state index in [0.29, 0.717) is 0 Å². The average molecular weight is 237 g/mol. The number of halogens is 1. The number of likely N-dealkylation sites (N-methyl/N-ethyl adjacent to an activating group) is 1. The molecule has 0 aromatic heterocycles. The van der Waals surface area contributed by atoms with Crippen molar-refractivity contribution >= 4 is 5.97 Å². The lowest BCUT2D eigenvalue weighted by atomic mass is 10.1. The number of benzene rings is 1. The van der Waals surface area contributed by atoms with Crippen molar-refractivity contribution in [3.63, 3.8) is 0 Å². The summed E-state index contributed by atoms with van der Waals surface area (Å²) in [6, 6.07) is 6.69. The molecule has 0 amide bonds. The van der Waals surface area contributed by atoms with E-state index in [2.05, 4.69) is 0 Å². The largest absolute Gasteiger partial charge is 0.481 e. The number of carbonyl (C=O) groups is 1. The second kappa shape index (κ2) is 4.84. The van der Waals surface area contributed by atoms with Gasteiger partial charge in [0.05, 0.1) is 5.92 Å². The fraction of sp³-hybridized carbons (Fsp3) is 0.462. The van der Waals surface area contributed by atoms with Crippen molar-refractivity contribution in [2.75, 3.05) is 13.6 Å². The molecule has 2 rings (SSSR count). The van der Waals surface area contributed by atoms with E-state index in [9.17, 15) is 9.18 Å². The molecule has 0 radical (unpaired) electrons. The summed E-state index contributed by atoms with van der Waals surface area (Å²) in [5.74, 6) is -1.15. The molecule has 0 spiro atoms. The number of carboxylic acid groups (broad SMARTS) is 1. The second-order valence-electron chi connectivity index (χ2n) is 4.61. The third kappa shape index (κ3) is 3.03. The van der Waals surface area contributed by atoms with Gasteiger partial charge in [0.25, 0.3) is 0 Å². The van der Waals surface area contributed by atoms with Crippen LogP contribution in [0.1, 0.15) is 12.0 Å². The molecule has 2 atom stereocenters.